The van der Waals surface area contributed by atoms with Crippen LogP contribution in [0.3, 0.4) is 0 Å². The molecule has 1 aliphatic rings. The van der Waals surface area contributed by atoms with Crippen molar-refractivity contribution >= 4 is 23.3 Å². The van der Waals surface area contributed by atoms with E-state index in [1.807, 2.05) is 0 Å². The van der Waals surface area contributed by atoms with Crippen molar-refractivity contribution in [2.45, 2.75) is 37.8 Å². The van der Waals surface area contributed by atoms with Crippen molar-refractivity contribution in [1.29, 1.82) is 0 Å². The molecule has 0 unspecified atom stereocenters. The molecule has 0 spiro atoms. The van der Waals surface area contributed by atoms with E-state index in [1.165, 1.54) is 7.11 Å². The van der Waals surface area contributed by atoms with Crippen LogP contribution in [0, 0.1) is 0 Å². The van der Waals surface area contributed by atoms with E-state index >= 15 is 0 Å². The summed E-state index contributed by atoms with van der Waals surface area (Å²) < 4.78 is 4.74. The Hall–Kier alpha value is -2.12. The van der Waals surface area contributed by atoms with E-state index < -0.39 is 0 Å². The lowest BCUT2D eigenvalue weighted by Gasteiger charge is -2.26. The number of aliphatic hydroxyl groups is 1. The third-order valence-electron chi connectivity index (χ3n) is 3.73. The maximum atomic E-state index is 11.9. The second-order valence-electron chi connectivity index (χ2n) is 5.66. The molecule has 23 heavy (non-hydrogen) atoms. The molecule has 1 fully saturated rings. The smallest absolute Gasteiger partial charge is 0.319 e. The summed E-state index contributed by atoms with van der Waals surface area (Å²) in [5, 5.41) is 17.8. The Balaban J connectivity index is 1.78. The molecule has 0 atom stereocenters. The number of aliphatic hydroxyl groups excluding tert-OH is 1. The lowest BCUT2D eigenvalue weighted by molar-refractivity contribution is -0.119. The Morgan fingerprint density at radius 3 is 2.22 bits per heavy atom. The van der Waals surface area contributed by atoms with Crippen molar-refractivity contribution in [3.63, 3.8) is 0 Å². The Morgan fingerprint density at radius 2 is 1.65 bits per heavy atom. The average molecular weight is 321 g/mol. The molecule has 4 N–H and O–H groups in total. The minimum absolute atomic E-state index is 0.00150. The molecule has 1 saturated carbocycles. The summed E-state index contributed by atoms with van der Waals surface area (Å²) in [6.07, 6.45) is 2.79. The Labute approximate surface area is 135 Å². The number of anilines is 2. The normalized spacial score (nSPS) is 20.6. The van der Waals surface area contributed by atoms with Crippen molar-refractivity contribution in [3.05, 3.63) is 24.3 Å². The second-order valence-corrected chi connectivity index (χ2v) is 5.66. The van der Waals surface area contributed by atoms with Gasteiger partial charge in [-0.25, -0.2) is 4.79 Å². The molecule has 2 rings (SSSR count). The van der Waals surface area contributed by atoms with E-state index in [0.717, 1.165) is 25.7 Å². The summed E-state index contributed by atoms with van der Waals surface area (Å²) in [7, 11) is 1.46. The number of ether oxygens (including phenoxy) is 1. The Morgan fingerprint density at radius 1 is 1.09 bits per heavy atom. The van der Waals surface area contributed by atoms with Crippen LogP contribution in [0.25, 0.3) is 0 Å². The standard InChI is InChI=1S/C16H23N3O4/c1-23-10-15(21)17-11-2-4-12(5-3-11)18-16(22)19-13-6-8-14(20)9-7-13/h2-5,13-14,20H,6-10H2,1H3,(H,17,21)(H2,18,19,22). The van der Waals surface area contributed by atoms with Gasteiger partial charge in [0, 0.05) is 24.5 Å². The van der Waals surface area contributed by atoms with Crippen LogP contribution in [0.4, 0.5) is 16.2 Å². The van der Waals surface area contributed by atoms with Gasteiger partial charge in [-0.2, -0.15) is 0 Å². The molecule has 7 nitrogen and oxygen atoms in total. The minimum Gasteiger partial charge on any atom is -0.393 e. The molecule has 126 valence electrons. The molecule has 1 aromatic carbocycles. The first-order chi connectivity index (χ1) is 11.1. The number of benzene rings is 1. The summed E-state index contributed by atoms with van der Waals surface area (Å²) >= 11 is 0. The van der Waals surface area contributed by atoms with Gasteiger partial charge < -0.3 is 25.8 Å². The Kier molecular flexibility index (Phi) is 6.37. The molecule has 0 radical (unpaired) electrons. The van der Waals surface area contributed by atoms with E-state index in [2.05, 4.69) is 16.0 Å². The van der Waals surface area contributed by atoms with E-state index in [0.29, 0.717) is 11.4 Å². The lowest BCUT2D eigenvalue weighted by Crippen LogP contribution is -2.40. The van der Waals surface area contributed by atoms with Gasteiger partial charge in [0.2, 0.25) is 5.91 Å². The largest absolute Gasteiger partial charge is 0.393 e. The number of hydrogen-bond acceptors (Lipinski definition) is 4. The van der Waals surface area contributed by atoms with Gasteiger partial charge in [0.1, 0.15) is 6.61 Å². The summed E-state index contributed by atoms with van der Waals surface area (Å²) in [5.74, 6) is -0.231. The highest BCUT2D eigenvalue weighted by molar-refractivity contribution is 5.93. The van der Waals surface area contributed by atoms with E-state index in [-0.39, 0.29) is 30.7 Å². The zero-order valence-electron chi connectivity index (χ0n) is 13.2. The number of methoxy groups -OCH3 is 1. The monoisotopic (exact) mass is 321 g/mol. The maximum Gasteiger partial charge on any atom is 0.319 e. The van der Waals surface area contributed by atoms with Gasteiger partial charge in [-0.15, -0.1) is 0 Å². The first-order valence-electron chi connectivity index (χ1n) is 7.71. The number of amides is 3. The van der Waals surface area contributed by atoms with Crippen molar-refractivity contribution in [1.82, 2.24) is 5.32 Å². The highest BCUT2D eigenvalue weighted by atomic mass is 16.5. The summed E-state index contributed by atoms with van der Waals surface area (Å²) in [6.45, 7) is -0.00150. The molecule has 3 amide bonds. The summed E-state index contributed by atoms with van der Waals surface area (Å²) in [5.41, 5.74) is 1.28. The highest BCUT2D eigenvalue weighted by Crippen LogP contribution is 2.18. The van der Waals surface area contributed by atoms with Crippen molar-refractivity contribution < 1.29 is 19.4 Å². The van der Waals surface area contributed by atoms with Gasteiger partial charge in [0.15, 0.2) is 0 Å². The fourth-order valence-corrected chi connectivity index (χ4v) is 2.54. The molecular formula is C16H23N3O4. The summed E-state index contributed by atoms with van der Waals surface area (Å²) in [4.78, 5) is 23.3. The van der Waals surface area contributed by atoms with Crippen LogP contribution in [-0.2, 0) is 9.53 Å². The zero-order chi connectivity index (χ0) is 16.7. The van der Waals surface area contributed by atoms with Crippen LogP contribution in [-0.4, -0.2) is 42.9 Å². The molecule has 1 aliphatic carbocycles. The van der Waals surface area contributed by atoms with Crippen LogP contribution < -0.4 is 16.0 Å². The first kappa shape index (κ1) is 17.2. The fourth-order valence-electron chi connectivity index (χ4n) is 2.54. The quantitative estimate of drug-likeness (QED) is 0.663. The minimum atomic E-state index is -0.262. The van der Waals surface area contributed by atoms with Crippen LogP contribution in [0.1, 0.15) is 25.7 Å². The topological polar surface area (TPSA) is 99.7 Å². The first-order valence-corrected chi connectivity index (χ1v) is 7.71. The third kappa shape index (κ3) is 5.88. The van der Waals surface area contributed by atoms with E-state index in [4.69, 9.17) is 4.74 Å². The number of rotatable bonds is 5. The number of carbonyl (C=O) groups excluding carboxylic acids is 2. The number of urea groups is 1. The van der Waals surface area contributed by atoms with Crippen molar-refractivity contribution in [2.75, 3.05) is 24.4 Å². The predicted octanol–water partition coefficient (Wildman–Crippen LogP) is 1.70. The van der Waals surface area contributed by atoms with Crippen LogP contribution in [0.5, 0.6) is 0 Å². The van der Waals surface area contributed by atoms with Gasteiger partial charge in [0.25, 0.3) is 0 Å². The van der Waals surface area contributed by atoms with Crippen molar-refractivity contribution in [2.24, 2.45) is 0 Å². The van der Waals surface area contributed by atoms with Gasteiger partial charge in [0.05, 0.1) is 6.10 Å². The van der Waals surface area contributed by atoms with Crippen LogP contribution in [0.2, 0.25) is 0 Å². The molecule has 0 bridgehead atoms. The van der Waals surface area contributed by atoms with E-state index in [1.54, 1.807) is 24.3 Å². The zero-order valence-corrected chi connectivity index (χ0v) is 13.2. The fraction of sp³-hybridized carbons (Fsp3) is 0.500. The van der Waals surface area contributed by atoms with E-state index in [9.17, 15) is 14.7 Å². The van der Waals surface area contributed by atoms with Crippen molar-refractivity contribution in [3.8, 4) is 0 Å². The molecule has 0 aromatic heterocycles. The molecule has 1 aromatic rings. The third-order valence-corrected chi connectivity index (χ3v) is 3.73. The second kappa shape index (κ2) is 8.50. The van der Waals surface area contributed by atoms with Gasteiger partial charge in [-0.3, -0.25) is 4.79 Å². The van der Waals surface area contributed by atoms with Gasteiger partial charge >= 0.3 is 6.03 Å². The van der Waals surface area contributed by atoms with Crippen LogP contribution >= 0.6 is 0 Å². The number of hydrogen-bond donors (Lipinski definition) is 4. The maximum absolute atomic E-state index is 11.9. The number of carbonyl (C=O) groups is 2. The Bertz CT molecular complexity index is 525. The SMILES string of the molecule is COCC(=O)Nc1ccc(NC(=O)NC2CCC(O)CC2)cc1. The molecule has 0 saturated heterocycles. The average Bonchev–Trinajstić information content (AvgIpc) is 2.52. The molecule has 0 heterocycles. The van der Waals surface area contributed by atoms with Gasteiger partial charge in [-0.1, -0.05) is 0 Å². The predicted molar refractivity (Wildman–Crippen MR) is 87.4 cm³/mol. The van der Waals surface area contributed by atoms with Gasteiger partial charge in [-0.05, 0) is 49.9 Å². The van der Waals surface area contributed by atoms with Crippen LogP contribution in [0.15, 0.2) is 24.3 Å². The molecule has 7 heteroatoms. The number of nitrogens with one attached hydrogen (secondary N) is 3. The molecule has 0 aliphatic heterocycles. The highest BCUT2D eigenvalue weighted by Gasteiger charge is 2.20. The summed E-state index contributed by atoms with van der Waals surface area (Å²) in [6, 6.07) is 6.69. The molecular weight excluding hydrogens is 298 g/mol. The lowest BCUT2D eigenvalue weighted by atomic mass is 9.93.